The molecule has 1 aromatic rings. The number of nitrogens with zero attached hydrogens (tertiary/aromatic N) is 2. The average Bonchev–Trinajstić information content (AvgIpc) is 2.60. The summed E-state index contributed by atoms with van der Waals surface area (Å²) < 4.78 is 1.26. The average molecular weight is 298 g/mol. The Bertz CT molecular complexity index is 428. The molecule has 4 heteroatoms. The fraction of sp³-hybridized carbons (Fsp3) is 0.111. The molecule has 1 unspecified atom stereocenters. The molecule has 1 aromatic carbocycles. The second-order valence-corrected chi connectivity index (χ2v) is 9.10. The zero-order chi connectivity index (χ0) is 9.26. The van der Waals surface area contributed by atoms with Crippen LogP contribution in [-0.2, 0) is 0 Å². The summed E-state index contributed by atoms with van der Waals surface area (Å²) in [5.74, 6) is 0. The molecule has 0 N–H and O–H groups in total. The molecule has 0 bridgehead atoms. The molecule has 2 nitrogen and oxygen atoms in total. The Hall–Kier alpha value is -0.761. The Morgan fingerprint density at radius 3 is 2.85 bits per heavy atom. The maximum atomic E-state index is 8.90. The Morgan fingerprint density at radius 1 is 1.31 bits per heavy atom. The number of hydrogen-bond acceptors (Lipinski definition) is 2. The molecule has 0 aliphatic carbocycles. The van der Waals surface area contributed by atoms with Gasteiger partial charge in [0, 0.05) is 0 Å². The summed E-state index contributed by atoms with van der Waals surface area (Å²) in [6.07, 6.45) is 0. The van der Waals surface area contributed by atoms with E-state index in [-0.39, 0.29) is 4.82 Å². The van der Waals surface area contributed by atoms with Gasteiger partial charge in [0.2, 0.25) is 0 Å². The van der Waals surface area contributed by atoms with Gasteiger partial charge in [0.15, 0.2) is 0 Å². The van der Waals surface area contributed by atoms with Gasteiger partial charge in [-0.2, -0.15) is 0 Å². The molecule has 0 fully saturated rings. The number of benzene rings is 1. The van der Waals surface area contributed by atoms with Crippen molar-refractivity contribution in [3.8, 4) is 12.1 Å². The molecule has 1 aliphatic rings. The monoisotopic (exact) mass is 300 g/mol. The fourth-order valence-corrected chi connectivity index (χ4v) is 9.07. The maximum absolute atomic E-state index is 8.90. The molecule has 2 rings (SSSR count). The summed E-state index contributed by atoms with van der Waals surface area (Å²) in [6, 6.07) is 10.2. The van der Waals surface area contributed by atoms with Gasteiger partial charge in [-0.15, -0.1) is 0 Å². The minimum atomic E-state index is 0.0262. The first-order chi connectivity index (χ1) is 6.36. The Kier molecular flexibility index (Phi) is 2.40. The van der Waals surface area contributed by atoms with Crippen LogP contribution >= 0.6 is 0 Å². The van der Waals surface area contributed by atoms with Gasteiger partial charge in [0.05, 0.1) is 0 Å². The van der Waals surface area contributed by atoms with E-state index in [9.17, 15) is 0 Å². The quantitative estimate of drug-likeness (QED) is 0.637. The van der Waals surface area contributed by atoms with E-state index in [4.69, 9.17) is 10.5 Å². The predicted octanol–water partition coefficient (Wildman–Crippen LogP) is 0.0853. The van der Waals surface area contributed by atoms with Gasteiger partial charge in [-0.1, -0.05) is 0 Å². The van der Waals surface area contributed by atoms with Crippen molar-refractivity contribution in [2.45, 2.75) is 4.82 Å². The van der Waals surface area contributed by atoms with E-state index < -0.39 is 0 Å². The van der Waals surface area contributed by atoms with E-state index in [1.807, 2.05) is 6.07 Å². The van der Waals surface area contributed by atoms with E-state index in [2.05, 4.69) is 18.2 Å². The van der Waals surface area contributed by atoms with E-state index >= 15 is 0 Å². The third-order valence-corrected chi connectivity index (χ3v) is 9.35. The molecule has 0 spiro atoms. The van der Waals surface area contributed by atoms with Crippen molar-refractivity contribution in [1.82, 2.24) is 0 Å². The second kappa shape index (κ2) is 3.54. The van der Waals surface area contributed by atoms with E-state index in [0.29, 0.717) is 31.8 Å². The first kappa shape index (κ1) is 8.82. The Morgan fingerprint density at radius 2 is 2.15 bits per heavy atom. The van der Waals surface area contributed by atoms with Crippen molar-refractivity contribution in [3.05, 3.63) is 29.3 Å². The molecular weight excluding hydrogens is 294 g/mol. The third-order valence-electron chi connectivity index (χ3n) is 1.80. The molecule has 0 saturated heterocycles. The van der Waals surface area contributed by atoms with Crippen LogP contribution in [0.3, 0.4) is 0 Å². The number of fused-ring (bicyclic) bond motifs is 1. The number of rotatable bonds is 0. The SMILES string of the molecule is N#Cc1cccc2c1C(C#N)[Se][Se]2. The van der Waals surface area contributed by atoms with Gasteiger partial charge in [-0.05, 0) is 0 Å². The number of nitriles is 2. The summed E-state index contributed by atoms with van der Waals surface area (Å²) in [6.45, 7) is 0. The fourth-order valence-electron chi connectivity index (χ4n) is 1.22. The Labute approximate surface area is 87.4 Å². The van der Waals surface area contributed by atoms with Crippen LogP contribution in [0.5, 0.6) is 0 Å². The van der Waals surface area contributed by atoms with Crippen LogP contribution < -0.4 is 4.46 Å². The van der Waals surface area contributed by atoms with Crippen LogP contribution in [0, 0.1) is 22.7 Å². The van der Waals surface area contributed by atoms with Gasteiger partial charge in [0.1, 0.15) is 0 Å². The van der Waals surface area contributed by atoms with Crippen molar-refractivity contribution >= 4 is 30.7 Å². The molecule has 0 amide bonds. The van der Waals surface area contributed by atoms with Gasteiger partial charge in [0.25, 0.3) is 0 Å². The summed E-state index contributed by atoms with van der Waals surface area (Å²) in [7, 11) is 0. The first-order valence-electron chi connectivity index (χ1n) is 3.63. The molecular formula is C9H4N2Se2. The van der Waals surface area contributed by atoms with Crippen LogP contribution in [0.25, 0.3) is 0 Å². The van der Waals surface area contributed by atoms with Crippen LogP contribution in [0.2, 0.25) is 0 Å². The summed E-state index contributed by atoms with van der Waals surface area (Å²) in [4.78, 5) is 0.0262. The van der Waals surface area contributed by atoms with Crippen LogP contribution in [0.4, 0.5) is 0 Å². The van der Waals surface area contributed by atoms with Crippen molar-refractivity contribution in [3.63, 3.8) is 0 Å². The molecule has 0 aromatic heterocycles. The predicted molar refractivity (Wildman–Crippen MR) is 50.7 cm³/mol. The van der Waals surface area contributed by atoms with Crippen molar-refractivity contribution in [1.29, 1.82) is 10.5 Å². The molecule has 0 saturated carbocycles. The first-order valence-corrected chi connectivity index (χ1v) is 9.80. The normalized spacial score (nSPS) is 18.8. The zero-order valence-electron chi connectivity index (χ0n) is 6.52. The van der Waals surface area contributed by atoms with Crippen LogP contribution in [0.1, 0.15) is 15.9 Å². The van der Waals surface area contributed by atoms with Gasteiger partial charge >= 0.3 is 87.5 Å². The Balaban J connectivity index is 2.62. The van der Waals surface area contributed by atoms with Gasteiger partial charge in [-0.3, -0.25) is 0 Å². The molecule has 1 aliphatic heterocycles. The topological polar surface area (TPSA) is 47.6 Å². The summed E-state index contributed by atoms with van der Waals surface area (Å²) >= 11 is 0.840. The van der Waals surface area contributed by atoms with E-state index in [1.165, 1.54) is 4.46 Å². The summed E-state index contributed by atoms with van der Waals surface area (Å²) in [5.41, 5.74) is 1.72. The van der Waals surface area contributed by atoms with Gasteiger partial charge in [-0.25, -0.2) is 0 Å². The van der Waals surface area contributed by atoms with Gasteiger partial charge < -0.3 is 0 Å². The van der Waals surface area contributed by atoms with Crippen LogP contribution in [-0.4, -0.2) is 26.3 Å². The van der Waals surface area contributed by atoms with Crippen molar-refractivity contribution in [2.75, 3.05) is 0 Å². The molecule has 0 radical (unpaired) electrons. The van der Waals surface area contributed by atoms with E-state index in [0.717, 1.165) is 5.56 Å². The van der Waals surface area contributed by atoms with Crippen molar-refractivity contribution < 1.29 is 0 Å². The second-order valence-electron chi connectivity index (χ2n) is 2.52. The standard InChI is InChI=1S/C9H4N2Se2/c10-4-6-2-1-3-7-9(6)8(5-11)13-12-7/h1-3,8H. The number of hydrogen-bond donors (Lipinski definition) is 0. The molecule has 62 valence electrons. The zero-order valence-corrected chi connectivity index (χ0v) is 9.95. The molecule has 1 heterocycles. The molecule has 1 atom stereocenters. The third kappa shape index (κ3) is 1.39. The minimum absolute atomic E-state index is 0.0262. The van der Waals surface area contributed by atoms with Crippen LogP contribution in [0.15, 0.2) is 18.2 Å². The molecule has 13 heavy (non-hydrogen) atoms. The van der Waals surface area contributed by atoms with E-state index in [1.54, 1.807) is 6.07 Å². The summed E-state index contributed by atoms with van der Waals surface area (Å²) in [5, 5.41) is 17.8. The van der Waals surface area contributed by atoms with Crippen molar-refractivity contribution in [2.24, 2.45) is 0 Å².